The minimum atomic E-state index is -3.67. The summed E-state index contributed by atoms with van der Waals surface area (Å²) in [6.45, 7) is 3.82. The molecule has 0 aromatic heterocycles. The number of aryl methyl sites for hydroxylation is 1. The van der Waals surface area contributed by atoms with Crippen molar-refractivity contribution in [2.24, 2.45) is 0 Å². The lowest BCUT2D eigenvalue weighted by atomic mass is 10.1. The van der Waals surface area contributed by atoms with Crippen molar-refractivity contribution in [3.63, 3.8) is 0 Å². The monoisotopic (exact) mass is 366 g/mol. The Morgan fingerprint density at radius 3 is 2.38 bits per heavy atom. The number of carbonyl (C=O) groups is 1. The second kappa shape index (κ2) is 7.68. The number of amides is 1. The molecule has 2 rings (SSSR count). The molecule has 5 nitrogen and oxygen atoms in total. The van der Waals surface area contributed by atoms with E-state index in [1.165, 1.54) is 6.92 Å². The van der Waals surface area contributed by atoms with E-state index in [-0.39, 0.29) is 10.8 Å². The first kappa shape index (κ1) is 18.3. The van der Waals surface area contributed by atoms with Gasteiger partial charge in [0.1, 0.15) is 0 Å². The number of carbonyl (C=O) groups excluding carboxylic acids is 1. The standard InChI is InChI=1S/C17H19ClN2O3S/c1-12-3-6-15(11-17(12)18)20-24(22,23)16-7-4-14(5-8-16)9-10-19-13(2)21/h3-8,11,20H,9-10H2,1-2H3,(H,19,21). The van der Waals surface area contributed by atoms with Gasteiger partial charge >= 0.3 is 0 Å². The van der Waals surface area contributed by atoms with Gasteiger partial charge in [-0.3, -0.25) is 9.52 Å². The molecule has 0 aliphatic rings. The third-order valence-corrected chi connectivity index (χ3v) is 5.25. The Hall–Kier alpha value is -2.05. The average Bonchev–Trinajstić information content (AvgIpc) is 2.51. The van der Waals surface area contributed by atoms with Crippen molar-refractivity contribution in [1.82, 2.24) is 5.32 Å². The number of sulfonamides is 1. The van der Waals surface area contributed by atoms with Gasteiger partial charge in [0.25, 0.3) is 10.0 Å². The Bertz CT molecular complexity index is 833. The van der Waals surface area contributed by atoms with E-state index in [9.17, 15) is 13.2 Å². The summed E-state index contributed by atoms with van der Waals surface area (Å²) in [6, 6.07) is 11.6. The maximum Gasteiger partial charge on any atom is 0.261 e. The van der Waals surface area contributed by atoms with Crippen LogP contribution in [0.25, 0.3) is 0 Å². The van der Waals surface area contributed by atoms with Crippen LogP contribution in [0, 0.1) is 6.92 Å². The molecule has 128 valence electrons. The third kappa shape index (κ3) is 4.97. The smallest absolute Gasteiger partial charge is 0.261 e. The van der Waals surface area contributed by atoms with Gasteiger partial charge in [0.2, 0.25) is 5.91 Å². The largest absolute Gasteiger partial charge is 0.356 e. The molecular weight excluding hydrogens is 348 g/mol. The van der Waals surface area contributed by atoms with Crippen LogP contribution in [0.3, 0.4) is 0 Å². The Morgan fingerprint density at radius 2 is 1.79 bits per heavy atom. The molecule has 2 aromatic rings. The van der Waals surface area contributed by atoms with E-state index in [0.717, 1.165) is 11.1 Å². The van der Waals surface area contributed by atoms with Crippen molar-refractivity contribution >= 4 is 33.2 Å². The Morgan fingerprint density at radius 1 is 1.12 bits per heavy atom. The number of benzene rings is 2. The first-order chi connectivity index (χ1) is 11.3. The van der Waals surface area contributed by atoms with E-state index in [2.05, 4.69) is 10.0 Å². The summed E-state index contributed by atoms with van der Waals surface area (Å²) in [5, 5.41) is 3.20. The van der Waals surface area contributed by atoms with Crippen molar-refractivity contribution < 1.29 is 13.2 Å². The van der Waals surface area contributed by atoms with E-state index in [4.69, 9.17) is 11.6 Å². The topological polar surface area (TPSA) is 75.3 Å². The summed E-state index contributed by atoms with van der Waals surface area (Å²) >= 11 is 6.02. The van der Waals surface area contributed by atoms with Gasteiger partial charge in [-0.05, 0) is 48.7 Å². The van der Waals surface area contributed by atoms with Crippen LogP contribution < -0.4 is 10.0 Å². The molecule has 2 aromatic carbocycles. The summed E-state index contributed by atoms with van der Waals surface area (Å²) in [5.41, 5.74) is 2.24. The molecule has 24 heavy (non-hydrogen) atoms. The zero-order valence-corrected chi connectivity index (χ0v) is 15.0. The second-order valence-corrected chi connectivity index (χ2v) is 7.54. The van der Waals surface area contributed by atoms with Crippen LogP contribution in [0.1, 0.15) is 18.1 Å². The molecule has 0 unspecified atom stereocenters. The van der Waals surface area contributed by atoms with Gasteiger partial charge < -0.3 is 5.32 Å². The van der Waals surface area contributed by atoms with Crippen LogP contribution in [0.4, 0.5) is 5.69 Å². The van der Waals surface area contributed by atoms with Gasteiger partial charge in [-0.2, -0.15) is 0 Å². The lowest BCUT2D eigenvalue weighted by Gasteiger charge is -2.10. The molecule has 7 heteroatoms. The van der Waals surface area contributed by atoms with Crippen LogP contribution in [-0.4, -0.2) is 20.9 Å². The van der Waals surface area contributed by atoms with Gasteiger partial charge in [-0.1, -0.05) is 29.8 Å². The van der Waals surface area contributed by atoms with Crippen molar-refractivity contribution in [2.45, 2.75) is 25.2 Å². The minimum Gasteiger partial charge on any atom is -0.356 e. The number of hydrogen-bond acceptors (Lipinski definition) is 3. The highest BCUT2D eigenvalue weighted by Crippen LogP contribution is 2.22. The fourth-order valence-corrected chi connectivity index (χ4v) is 3.32. The van der Waals surface area contributed by atoms with E-state index in [0.29, 0.717) is 23.7 Å². The van der Waals surface area contributed by atoms with Crippen LogP contribution in [0.5, 0.6) is 0 Å². The van der Waals surface area contributed by atoms with Crippen LogP contribution in [0.2, 0.25) is 5.02 Å². The van der Waals surface area contributed by atoms with E-state index < -0.39 is 10.0 Å². The molecule has 0 saturated heterocycles. The van der Waals surface area contributed by atoms with Crippen LogP contribution in [0.15, 0.2) is 47.4 Å². The fraction of sp³-hybridized carbons (Fsp3) is 0.235. The van der Waals surface area contributed by atoms with Crippen LogP contribution in [-0.2, 0) is 21.2 Å². The highest BCUT2D eigenvalue weighted by Gasteiger charge is 2.14. The lowest BCUT2D eigenvalue weighted by Crippen LogP contribution is -2.22. The first-order valence-corrected chi connectivity index (χ1v) is 9.26. The van der Waals surface area contributed by atoms with Crippen molar-refractivity contribution in [3.8, 4) is 0 Å². The zero-order valence-electron chi connectivity index (χ0n) is 13.5. The summed E-state index contributed by atoms with van der Waals surface area (Å²) < 4.78 is 27.3. The predicted molar refractivity (Wildman–Crippen MR) is 95.8 cm³/mol. The summed E-state index contributed by atoms with van der Waals surface area (Å²) in [7, 11) is -3.67. The maximum atomic E-state index is 12.4. The fourth-order valence-electron chi connectivity index (χ4n) is 2.09. The predicted octanol–water partition coefficient (Wildman–Crippen LogP) is 3.13. The van der Waals surface area contributed by atoms with Crippen molar-refractivity contribution in [3.05, 3.63) is 58.6 Å². The first-order valence-electron chi connectivity index (χ1n) is 7.40. The van der Waals surface area contributed by atoms with Gasteiger partial charge in [-0.25, -0.2) is 8.42 Å². The van der Waals surface area contributed by atoms with Crippen LogP contribution >= 0.6 is 11.6 Å². The number of rotatable bonds is 6. The zero-order chi connectivity index (χ0) is 17.7. The molecular formula is C17H19ClN2O3S. The average molecular weight is 367 g/mol. The second-order valence-electron chi connectivity index (χ2n) is 5.45. The quantitative estimate of drug-likeness (QED) is 0.824. The number of hydrogen-bond donors (Lipinski definition) is 2. The third-order valence-electron chi connectivity index (χ3n) is 3.45. The molecule has 0 saturated carbocycles. The number of anilines is 1. The van der Waals surface area contributed by atoms with Crippen molar-refractivity contribution in [1.29, 1.82) is 0 Å². The van der Waals surface area contributed by atoms with E-state index in [1.54, 1.807) is 42.5 Å². The van der Waals surface area contributed by atoms with Gasteiger partial charge in [0.15, 0.2) is 0 Å². The van der Waals surface area contributed by atoms with Gasteiger partial charge in [0.05, 0.1) is 10.6 Å². The van der Waals surface area contributed by atoms with Gasteiger partial charge in [-0.15, -0.1) is 0 Å². The molecule has 1 amide bonds. The van der Waals surface area contributed by atoms with Crippen molar-refractivity contribution in [2.75, 3.05) is 11.3 Å². The normalized spacial score (nSPS) is 11.1. The minimum absolute atomic E-state index is 0.0878. The summed E-state index contributed by atoms with van der Waals surface area (Å²) in [6.07, 6.45) is 0.640. The molecule has 0 radical (unpaired) electrons. The SMILES string of the molecule is CC(=O)NCCc1ccc(S(=O)(=O)Nc2ccc(C)c(Cl)c2)cc1. The highest BCUT2D eigenvalue weighted by atomic mass is 35.5. The Balaban J connectivity index is 2.08. The van der Waals surface area contributed by atoms with E-state index >= 15 is 0 Å². The Labute approximate surface area is 147 Å². The molecule has 0 bridgehead atoms. The molecule has 0 atom stereocenters. The molecule has 0 spiro atoms. The summed E-state index contributed by atoms with van der Waals surface area (Å²) in [4.78, 5) is 11.0. The number of halogens is 1. The maximum absolute atomic E-state index is 12.4. The molecule has 2 N–H and O–H groups in total. The molecule has 0 aliphatic carbocycles. The molecule has 0 fully saturated rings. The number of nitrogens with one attached hydrogen (secondary N) is 2. The molecule has 0 heterocycles. The lowest BCUT2D eigenvalue weighted by molar-refractivity contribution is -0.118. The molecule has 0 aliphatic heterocycles. The Kier molecular flexibility index (Phi) is 5.85. The summed E-state index contributed by atoms with van der Waals surface area (Å²) in [5.74, 6) is -0.0878. The highest BCUT2D eigenvalue weighted by molar-refractivity contribution is 7.92. The van der Waals surface area contributed by atoms with Gasteiger partial charge in [0, 0.05) is 18.5 Å². The van der Waals surface area contributed by atoms with E-state index in [1.807, 2.05) is 6.92 Å².